The summed E-state index contributed by atoms with van der Waals surface area (Å²) in [6.07, 6.45) is 6.13. The SMILES string of the molecule is CCn1cc(C(=O)N[C@H]2CCCC[C@H]2C)c(=O)c2ccc(C)nc21. The van der Waals surface area contributed by atoms with Crippen molar-refractivity contribution in [3.63, 3.8) is 0 Å². The Bertz CT molecular complexity index is 825. The molecule has 0 radical (unpaired) electrons. The van der Waals surface area contributed by atoms with E-state index in [2.05, 4.69) is 17.2 Å². The lowest BCUT2D eigenvalue weighted by Gasteiger charge is -2.29. The van der Waals surface area contributed by atoms with Crippen molar-refractivity contribution in [3.05, 3.63) is 39.8 Å². The fourth-order valence-electron chi connectivity index (χ4n) is 3.54. The third-order valence-corrected chi connectivity index (χ3v) is 5.07. The zero-order chi connectivity index (χ0) is 17.3. The summed E-state index contributed by atoms with van der Waals surface area (Å²) in [4.78, 5) is 29.9. The molecule has 1 fully saturated rings. The first-order valence-electron chi connectivity index (χ1n) is 8.83. The summed E-state index contributed by atoms with van der Waals surface area (Å²) in [5.41, 5.74) is 1.48. The molecule has 128 valence electrons. The van der Waals surface area contributed by atoms with Gasteiger partial charge < -0.3 is 9.88 Å². The van der Waals surface area contributed by atoms with Gasteiger partial charge in [-0.2, -0.15) is 0 Å². The van der Waals surface area contributed by atoms with Crippen LogP contribution in [0.25, 0.3) is 11.0 Å². The third kappa shape index (κ3) is 3.07. The molecular formula is C19H25N3O2. The summed E-state index contributed by atoms with van der Waals surface area (Å²) in [5, 5.41) is 3.59. The predicted octanol–water partition coefficient (Wildman–Crippen LogP) is 3.03. The maximum Gasteiger partial charge on any atom is 0.257 e. The molecule has 24 heavy (non-hydrogen) atoms. The molecule has 2 atom stereocenters. The minimum atomic E-state index is -0.261. The predicted molar refractivity (Wildman–Crippen MR) is 95.3 cm³/mol. The van der Waals surface area contributed by atoms with Crippen LogP contribution in [0.5, 0.6) is 0 Å². The molecule has 1 N–H and O–H groups in total. The van der Waals surface area contributed by atoms with Crippen molar-refractivity contribution in [1.29, 1.82) is 0 Å². The van der Waals surface area contributed by atoms with Gasteiger partial charge in [-0.25, -0.2) is 4.98 Å². The first kappa shape index (κ1) is 16.7. The van der Waals surface area contributed by atoms with Crippen LogP contribution in [0.1, 0.15) is 55.6 Å². The number of hydrogen-bond acceptors (Lipinski definition) is 3. The molecule has 1 aliphatic rings. The van der Waals surface area contributed by atoms with Gasteiger partial charge in [-0.1, -0.05) is 19.8 Å². The quantitative estimate of drug-likeness (QED) is 0.942. The highest BCUT2D eigenvalue weighted by Gasteiger charge is 2.25. The van der Waals surface area contributed by atoms with E-state index < -0.39 is 0 Å². The number of aromatic nitrogens is 2. The van der Waals surface area contributed by atoms with Gasteiger partial charge in [-0.05, 0) is 44.7 Å². The summed E-state index contributed by atoms with van der Waals surface area (Å²) in [5.74, 6) is 0.198. The Labute approximate surface area is 142 Å². The van der Waals surface area contributed by atoms with Gasteiger partial charge in [0.1, 0.15) is 11.2 Å². The van der Waals surface area contributed by atoms with Crippen molar-refractivity contribution in [1.82, 2.24) is 14.9 Å². The molecular weight excluding hydrogens is 302 g/mol. The van der Waals surface area contributed by atoms with Crippen LogP contribution in [-0.2, 0) is 6.54 Å². The van der Waals surface area contributed by atoms with E-state index in [9.17, 15) is 9.59 Å². The smallest absolute Gasteiger partial charge is 0.257 e. The van der Waals surface area contributed by atoms with E-state index in [1.165, 1.54) is 6.42 Å². The van der Waals surface area contributed by atoms with Gasteiger partial charge in [0, 0.05) is 24.5 Å². The molecule has 0 bridgehead atoms. The minimum absolute atomic E-state index is 0.160. The zero-order valence-electron chi connectivity index (χ0n) is 14.6. The molecule has 0 saturated heterocycles. The lowest BCUT2D eigenvalue weighted by atomic mass is 9.86. The Balaban J connectivity index is 1.99. The molecule has 1 amide bonds. The number of rotatable bonds is 3. The number of fused-ring (bicyclic) bond motifs is 1. The van der Waals surface area contributed by atoms with Gasteiger partial charge in [0.2, 0.25) is 5.43 Å². The molecule has 0 unspecified atom stereocenters. The van der Waals surface area contributed by atoms with Gasteiger partial charge in [-0.3, -0.25) is 9.59 Å². The Morgan fingerprint density at radius 3 is 2.79 bits per heavy atom. The highest BCUT2D eigenvalue weighted by molar-refractivity contribution is 5.97. The van der Waals surface area contributed by atoms with Crippen molar-refractivity contribution < 1.29 is 4.79 Å². The number of carbonyl (C=O) groups is 1. The summed E-state index contributed by atoms with van der Waals surface area (Å²) in [6.45, 7) is 6.71. The fourth-order valence-corrected chi connectivity index (χ4v) is 3.54. The van der Waals surface area contributed by atoms with Crippen molar-refractivity contribution >= 4 is 16.9 Å². The number of nitrogens with one attached hydrogen (secondary N) is 1. The number of carbonyl (C=O) groups excluding carboxylic acids is 1. The Kier molecular flexibility index (Phi) is 4.69. The number of aryl methyl sites for hydroxylation is 2. The van der Waals surface area contributed by atoms with Crippen molar-refractivity contribution in [3.8, 4) is 0 Å². The van der Waals surface area contributed by atoms with Crippen LogP contribution in [0.2, 0.25) is 0 Å². The van der Waals surface area contributed by atoms with E-state index in [4.69, 9.17) is 0 Å². The molecule has 3 rings (SSSR count). The second-order valence-electron chi connectivity index (χ2n) is 6.82. The summed E-state index contributed by atoms with van der Waals surface area (Å²) in [7, 11) is 0. The molecule has 5 nitrogen and oxygen atoms in total. The molecule has 1 aliphatic carbocycles. The molecule has 2 aromatic heterocycles. The number of nitrogens with zero attached hydrogens (tertiary/aromatic N) is 2. The lowest BCUT2D eigenvalue weighted by Crippen LogP contribution is -2.42. The fraction of sp³-hybridized carbons (Fsp3) is 0.526. The maximum absolute atomic E-state index is 12.8. The molecule has 0 aliphatic heterocycles. The maximum atomic E-state index is 12.8. The van der Waals surface area contributed by atoms with Crippen LogP contribution in [0.3, 0.4) is 0 Å². The Morgan fingerprint density at radius 2 is 2.08 bits per heavy atom. The number of amides is 1. The monoisotopic (exact) mass is 327 g/mol. The molecule has 1 saturated carbocycles. The first-order chi connectivity index (χ1) is 11.5. The van der Waals surface area contributed by atoms with E-state index in [0.717, 1.165) is 25.0 Å². The van der Waals surface area contributed by atoms with Gasteiger partial charge in [0.25, 0.3) is 5.91 Å². The minimum Gasteiger partial charge on any atom is -0.349 e. The topological polar surface area (TPSA) is 64.0 Å². The van der Waals surface area contributed by atoms with Gasteiger partial charge in [-0.15, -0.1) is 0 Å². The van der Waals surface area contributed by atoms with Gasteiger partial charge in [0.15, 0.2) is 0 Å². The summed E-state index contributed by atoms with van der Waals surface area (Å²) >= 11 is 0. The van der Waals surface area contributed by atoms with E-state index in [1.807, 2.05) is 24.5 Å². The zero-order valence-corrected chi connectivity index (χ0v) is 14.6. The average Bonchev–Trinajstić information content (AvgIpc) is 2.57. The highest BCUT2D eigenvalue weighted by Crippen LogP contribution is 2.24. The van der Waals surface area contributed by atoms with Crippen LogP contribution in [0.15, 0.2) is 23.1 Å². The molecule has 2 aromatic rings. The second-order valence-corrected chi connectivity index (χ2v) is 6.82. The van der Waals surface area contributed by atoms with E-state index >= 15 is 0 Å². The summed E-state index contributed by atoms with van der Waals surface area (Å²) < 4.78 is 1.88. The van der Waals surface area contributed by atoms with E-state index in [0.29, 0.717) is 23.5 Å². The molecule has 5 heteroatoms. The van der Waals surface area contributed by atoms with E-state index in [-0.39, 0.29) is 22.9 Å². The number of hydrogen-bond donors (Lipinski definition) is 1. The summed E-state index contributed by atoms with van der Waals surface area (Å²) in [6, 6.07) is 3.74. The lowest BCUT2D eigenvalue weighted by molar-refractivity contribution is 0.0908. The van der Waals surface area contributed by atoms with Crippen LogP contribution < -0.4 is 10.7 Å². The van der Waals surface area contributed by atoms with Crippen LogP contribution in [0.4, 0.5) is 0 Å². The standard InChI is InChI=1S/C19H25N3O2/c1-4-22-11-15(17(23)14-10-9-13(3)20-18(14)22)19(24)21-16-8-6-5-7-12(16)2/h9-12,16H,4-8H2,1-3H3,(H,21,24)/t12-,16+/m1/s1. The Morgan fingerprint density at radius 1 is 1.33 bits per heavy atom. The van der Waals surface area contributed by atoms with Crippen LogP contribution in [0, 0.1) is 12.8 Å². The second kappa shape index (κ2) is 6.75. The van der Waals surface area contributed by atoms with Crippen molar-refractivity contribution in [2.24, 2.45) is 5.92 Å². The molecule has 0 spiro atoms. The van der Waals surface area contributed by atoms with E-state index in [1.54, 1.807) is 12.3 Å². The largest absolute Gasteiger partial charge is 0.349 e. The van der Waals surface area contributed by atoms with Crippen molar-refractivity contribution in [2.75, 3.05) is 0 Å². The molecule has 0 aromatic carbocycles. The average molecular weight is 327 g/mol. The third-order valence-electron chi connectivity index (χ3n) is 5.07. The van der Waals surface area contributed by atoms with Gasteiger partial charge >= 0.3 is 0 Å². The number of pyridine rings is 2. The van der Waals surface area contributed by atoms with Crippen molar-refractivity contribution in [2.45, 2.75) is 59.0 Å². The normalized spacial score (nSPS) is 21.0. The van der Waals surface area contributed by atoms with Crippen LogP contribution >= 0.6 is 0 Å². The highest BCUT2D eigenvalue weighted by atomic mass is 16.2. The van der Waals surface area contributed by atoms with Crippen LogP contribution in [-0.4, -0.2) is 21.5 Å². The first-order valence-corrected chi connectivity index (χ1v) is 8.83. The van der Waals surface area contributed by atoms with Gasteiger partial charge in [0.05, 0.1) is 5.39 Å². The molecule has 2 heterocycles. The Hall–Kier alpha value is -2.17.